The molecule has 1 saturated heterocycles. The van der Waals surface area contributed by atoms with E-state index in [4.69, 9.17) is 23.2 Å². The van der Waals surface area contributed by atoms with Crippen LogP contribution < -0.4 is 10.2 Å². The Bertz CT molecular complexity index is 1010. The van der Waals surface area contributed by atoms with Gasteiger partial charge in [-0.3, -0.25) is 4.79 Å². The summed E-state index contributed by atoms with van der Waals surface area (Å²) < 4.78 is 0. The number of amides is 1. The third-order valence-electron chi connectivity index (χ3n) is 4.63. The van der Waals surface area contributed by atoms with Crippen LogP contribution in [0.4, 0.5) is 17.5 Å². The molecule has 7 nitrogen and oxygen atoms in total. The molecule has 3 aromatic rings. The fourth-order valence-electron chi connectivity index (χ4n) is 3.13. The van der Waals surface area contributed by atoms with Crippen LogP contribution in [0.25, 0.3) is 0 Å². The molecule has 1 N–H and O–H groups in total. The van der Waals surface area contributed by atoms with Crippen LogP contribution in [0.2, 0.25) is 10.0 Å². The molecule has 0 radical (unpaired) electrons. The Labute approximate surface area is 178 Å². The minimum Gasteiger partial charge on any atom is -0.353 e. The number of hydrogen-bond donors (Lipinski definition) is 1. The Kier molecular flexibility index (Phi) is 5.78. The number of pyridine rings is 1. The van der Waals surface area contributed by atoms with E-state index in [2.05, 4.69) is 25.2 Å². The minimum absolute atomic E-state index is 0.0912. The second kappa shape index (κ2) is 8.63. The second-order valence-corrected chi connectivity index (χ2v) is 7.35. The van der Waals surface area contributed by atoms with Crippen molar-refractivity contribution in [2.75, 3.05) is 36.4 Å². The van der Waals surface area contributed by atoms with E-state index in [1.807, 2.05) is 24.3 Å². The first kappa shape index (κ1) is 19.4. The molecule has 1 amide bonds. The number of halogens is 2. The highest BCUT2D eigenvalue weighted by molar-refractivity contribution is 6.36. The van der Waals surface area contributed by atoms with Crippen LogP contribution in [0.3, 0.4) is 0 Å². The van der Waals surface area contributed by atoms with Gasteiger partial charge < -0.3 is 15.1 Å². The minimum atomic E-state index is -0.0912. The van der Waals surface area contributed by atoms with Gasteiger partial charge in [-0.05, 0) is 30.3 Å². The normalized spacial score (nSPS) is 14.0. The average Bonchev–Trinajstić information content (AvgIpc) is 2.74. The van der Waals surface area contributed by atoms with E-state index >= 15 is 0 Å². The number of hydrogen-bond acceptors (Lipinski definition) is 6. The number of aromatic nitrogens is 3. The van der Waals surface area contributed by atoms with E-state index in [1.54, 1.807) is 29.3 Å². The number of anilines is 3. The van der Waals surface area contributed by atoms with Gasteiger partial charge in [0.25, 0.3) is 5.91 Å². The molecule has 0 bridgehead atoms. The number of carbonyl (C=O) groups excluding carboxylic acids is 1. The van der Waals surface area contributed by atoms with Gasteiger partial charge in [-0.25, -0.2) is 15.0 Å². The van der Waals surface area contributed by atoms with E-state index in [1.165, 1.54) is 6.33 Å². The Balaban J connectivity index is 1.40. The summed E-state index contributed by atoms with van der Waals surface area (Å²) in [5, 5.41) is 4.04. The van der Waals surface area contributed by atoms with Crippen molar-refractivity contribution in [3.05, 3.63) is 70.6 Å². The standard InChI is InChI=1S/C20H18Cl2N6O/c21-14-4-5-15(16(22)11-14)20(29)28-9-7-27(8-10-28)19-12-18(24-13-25-19)26-17-3-1-2-6-23-17/h1-6,11-13H,7-10H2,(H,23,24,25,26). The Morgan fingerprint density at radius 2 is 1.76 bits per heavy atom. The van der Waals surface area contributed by atoms with E-state index in [9.17, 15) is 4.79 Å². The van der Waals surface area contributed by atoms with Gasteiger partial charge in [-0.2, -0.15) is 0 Å². The lowest BCUT2D eigenvalue weighted by atomic mass is 10.1. The molecule has 0 saturated carbocycles. The van der Waals surface area contributed by atoms with Crippen LogP contribution >= 0.6 is 23.2 Å². The Morgan fingerprint density at radius 3 is 2.48 bits per heavy atom. The maximum atomic E-state index is 12.8. The topological polar surface area (TPSA) is 74.2 Å². The predicted molar refractivity (Wildman–Crippen MR) is 114 cm³/mol. The fraction of sp³-hybridized carbons (Fsp3) is 0.200. The van der Waals surface area contributed by atoms with Gasteiger partial charge in [-0.15, -0.1) is 0 Å². The molecule has 3 heterocycles. The third kappa shape index (κ3) is 4.58. The third-order valence-corrected chi connectivity index (χ3v) is 5.17. The number of nitrogens with one attached hydrogen (secondary N) is 1. The van der Waals surface area contributed by atoms with Gasteiger partial charge >= 0.3 is 0 Å². The molecule has 0 unspecified atom stereocenters. The largest absolute Gasteiger partial charge is 0.353 e. The maximum Gasteiger partial charge on any atom is 0.255 e. The van der Waals surface area contributed by atoms with Crippen molar-refractivity contribution >= 4 is 46.6 Å². The number of piperazine rings is 1. The van der Waals surface area contributed by atoms with Gasteiger partial charge in [0.15, 0.2) is 0 Å². The second-order valence-electron chi connectivity index (χ2n) is 6.50. The summed E-state index contributed by atoms with van der Waals surface area (Å²) in [6.07, 6.45) is 3.24. The van der Waals surface area contributed by atoms with Crippen molar-refractivity contribution in [2.45, 2.75) is 0 Å². The van der Waals surface area contributed by atoms with Crippen LogP contribution in [0.1, 0.15) is 10.4 Å². The van der Waals surface area contributed by atoms with Crippen LogP contribution in [0.5, 0.6) is 0 Å². The first-order valence-electron chi connectivity index (χ1n) is 9.09. The number of rotatable bonds is 4. The molecule has 148 valence electrons. The van der Waals surface area contributed by atoms with E-state index in [0.717, 1.165) is 5.82 Å². The Morgan fingerprint density at radius 1 is 0.931 bits per heavy atom. The molecule has 1 aliphatic rings. The molecule has 4 rings (SSSR count). The molecule has 9 heteroatoms. The van der Waals surface area contributed by atoms with Crippen LogP contribution in [-0.4, -0.2) is 51.9 Å². The molecular formula is C20H18Cl2N6O. The van der Waals surface area contributed by atoms with Crippen LogP contribution in [-0.2, 0) is 0 Å². The summed E-state index contributed by atoms with van der Waals surface area (Å²) in [5.74, 6) is 2.09. The van der Waals surface area contributed by atoms with Crippen molar-refractivity contribution in [1.29, 1.82) is 0 Å². The van der Waals surface area contributed by atoms with Gasteiger partial charge in [0.1, 0.15) is 23.8 Å². The lowest BCUT2D eigenvalue weighted by Crippen LogP contribution is -2.49. The lowest BCUT2D eigenvalue weighted by Gasteiger charge is -2.35. The van der Waals surface area contributed by atoms with Gasteiger partial charge in [0.2, 0.25) is 0 Å². The molecule has 2 aromatic heterocycles. The summed E-state index contributed by atoms with van der Waals surface area (Å²) in [7, 11) is 0. The molecule has 0 spiro atoms. The first-order valence-corrected chi connectivity index (χ1v) is 9.85. The van der Waals surface area contributed by atoms with Gasteiger partial charge in [0.05, 0.1) is 10.6 Å². The zero-order valence-electron chi connectivity index (χ0n) is 15.4. The lowest BCUT2D eigenvalue weighted by molar-refractivity contribution is 0.0746. The van der Waals surface area contributed by atoms with E-state index < -0.39 is 0 Å². The highest BCUT2D eigenvalue weighted by Gasteiger charge is 2.24. The van der Waals surface area contributed by atoms with Crippen LogP contribution in [0, 0.1) is 0 Å². The highest BCUT2D eigenvalue weighted by Crippen LogP contribution is 2.24. The average molecular weight is 429 g/mol. The quantitative estimate of drug-likeness (QED) is 0.679. The molecular weight excluding hydrogens is 411 g/mol. The highest BCUT2D eigenvalue weighted by atomic mass is 35.5. The molecule has 0 aliphatic carbocycles. The first-order chi connectivity index (χ1) is 14.1. The summed E-state index contributed by atoms with van der Waals surface area (Å²) in [6.45, 7) is 2.48. The monoisotopic (exact) mass is 428 g/mol. The predicted octanol–water partition coefficient (Wildman–Crippen LogP) is 3.88. The summed E-state index contributed by atoms with van der Waals surface area (Å²) in [6, 6.07) is 12.4. The zero-order chi connectivity index (χ0) is 20.2. The fourth-order valence-corrected chi connectivity index (χ4v) is 3.62. The summed E-state index contributed by atoms with van der Waals surface area (Å²) in [4.78, 5) is 29.5. The molecule has 1 fully saturated rings. The van der Waals surface area contributed by atoms with Crippen molar-refractivity contribution < 1.29 is 4.79 Å². The number of benzene rings is 1. The van der Waals surface area contributed by atoms with E-state index in [-0.39, 0.29) is 5.91 Å². The SMILES string of the molecule is O=C(c1ccc(Cl)cc1Cl)N1CCN(c2cc(Nc3ccccn3)ncn2)CC1. The molecule has 1 aliphatic heterocycles. The van der Waals surface area contributed by atoms with E-state index in [0.29, 0.717) is 53.4 Å². The Hall–Kier alpha value is -2.90. The summed E-state index contributed by atoms with van der Waals surface area (Å²) >= 11 is 12.1. The number of nitrogens with zero attached hydrogens (tertiary/aromatic N) is 5. The summed E-state index contributed by atoms with van der Waals surface area (Å²) in [5.41, 5.74) is 0.466. The van der Waals surface area contributed by atoms with Crippen molar-refractivity contribution in [3.63, 3.8) is 0 Å². The van der Waals surface area contributed by atoms with Gasteiger partial charge in [0, 0.05) is 43.5 Å². The smallest absolute Gasteiger partial charge is 0.255 e. The zero-order valence-corrected chi connectivity index (χ0v) is 16.9. The number of carbonyl (C=O) groups is 1. The maximum absolute atomic E-state index is 12.8. The van der Waals surface area contributed by atoms with Crippen molar-refractivity contribution in [1.82, 2.24) is 19.9 Å². The molecule has 29 heavy (non-hydrogen) atoms. The molecule has 1 aromatic carbocycles. The van der Waals surface area contributed by atoms with Crippen molar-refractivity contribution in [2.24, 2.45) is 0 Å². The van der Waals surface area contributed by atoms with Gasteiger partial charge in [-0.1, -0.05) is 29.3 Å². The molecule has 0 atom stereocenters. The van der Waals surface area contributed by atoms with Crippen LogP contribution in [0.15, 0.2) is 55.0 Å². The van der Waals surface area contributed by atoms with Crippen molar-refractivity contribution in [3.8, 4) is 0 Å².